The normalized spacial score (nSPS) is 17.6. The Morgan fingerprint density at radius 2 is 1.92 bits per heavy atom. The Morgan fingerprint density at radius 3 is 2.76 bits per heavy atom. The molecule has 0 bridgehead atoms. The lowest BCUT2D eigenvalue weighted by atomic mass is 10.1. The summed E-state index contributed by atoms with van der Waals surface area (Å²) in [5.74, 6) is -0.149. The standard InChI is InChI=1S/C19H14ClN3OS/c1-23-11-12(13-6-2-5-9-16(13)23)10-17-18(24)22-19(25-17)21-15-8-4-3-7-14(15)20/h2-11H,1H3,(H,21,22,24)/b17-10-. The number of aliphatic imine (C=N–C) groups is 1. The Balaban J connectivity index is 1.69. The number of rotatable bonds is 2. The first-order valence-corrected chi connectivity index (χ1v) is 8.89. The van der Waals surface area contributed by atoms with Crippen LogP contribution in [0.5, 0.6) is 0 Å². The van der Waals surface area contributed by atoms with E-state index in [4.69, 9.17) is 11.6 Å². The molecule has 25 heavy (non-hydrogen) atoms. The van der Waals surface area contributed by atoms with Crippen LogP contribution in [-0.4, -0.2) is 15.6 Å². The molecule has 1 amide bonds. The summed E-state index contributed by atoms with van der Waals surface area (Å²) in [6.07, 6.45) is 3.92. The van der Waals surface area contributed by atoms with Crippen LogP contribution in [-0.2, 0) is 11.8 Å². The molecule has 4 rings (SSSR count). The maximum atomic E-state index is 12.3. The lowest BCUT2D eigenvalue weighted by Crippen LogP contribution is -2.19. The quantitative estimate of drug-likeness (QED) is 0.666. The lowest BCUT2D eigenvalue weighted by molar-refractivity contribution is -0.115. The van der Waals surface area contributed by atoms with E-state index in [0.29, 0.717) is 20.8 Å². The summed E-state index contributed by atoms with van der Waals surface area (Å²) in [5.41, 5.74) is 2.77. The molecule has 124 valence electrons. The van der Waals surface area contributed by atoms with Crippen LogP contribution in [0.1, 0.15) is 5.56 Å². The highest BCUT2D eigenvalue weighted by Crippen LogP contribution is 2.32. The van der Waals surface area contributed by atoms with Gasteiger partial charge in [0, 0.05) is 29.7 Å². The number of amides is 1. The molecule has 3 aromatic rings. The molecule has 1 aliphatic heterocycles. The fourth-order valence-corrected chi connectivity index (χ4v) is 3.77. The topological polar surface area (TPSA) is 46.4 Å². The SMILES string of the molecule is Cn1cc(/C=C2\SC(=Nc3ccccc3Cl)NC2=O)c2ccccc21. The van der Waals surface area contributed by atoms with Crippen LogP contribution in [0.25, 0.3) is 17.0 Å². The molecule has 1 aromatic heterocycles. The zero-order valence-corrected chi connectivity index (χ0v) is 14.9. The van der Waals surface area contributed by atoms with E-state index in [2.05, 4.69) is 27.0 Å². The van der Waals surface area contributed by atoms with Gasteiger partial charge in [0.15, 0.2) is 5.17 Å². The number of carbonyl (C=O) groups is 1. The van der Waals surface area contributed by atoms with Crippen molar-refractivity contribution in [1.82, 2.24) is 9.88 Å². The number of halogens is 1. The Hall–Kier alpha value is -2.50. The highest BCUT2D eigenvalue weighted by molar-refractivity contribution is 8.18. The predicted molar refractivity (Wildman–Crippen MR) is 105 cm³/mol. The molecule has 6 heteroatoms. The minimum absolute atomic E-state index is 0.149. The second-order valence-corrected chi connectivity index (χ2v) is 7.08. The summed E-state index contributed by atoms with van der Waals surface area (Å²) >= 11 is 7.44. The summed E-state index contributed by atoms with van der Waals surface area (Å²) in [6.45, 7) is 0. The maximum absolute atomic E-state index is 12.3. The van der Waals surface area contributed by atoms with Gasteiger partial charge in [-0.15, -0.1) is 0 Å². The molecule has 2 aromatic carbocycles. The van der Waals surface area contributed by atoms with Crippen molar-refractivity contribution in [3.8, 4) is 0 Å². The van der Waals surface area contributed by atoms with E-state index in [-0.39, 0.29) is 5.91 Å². The fraction of sp³-hybridized carbons (Fsp3) is 0.0526. The zero-order chi connectivity index (χ0) is 17.4. The number of hydrogen-bond donors (Lipinski definition) is 1. The van der Waals surface area contributed by atoms with Crippen molar-refractivity contribution in [2.24, 2.45) is 12.0 Å². The van der Waals surface area contributed by atoms with Gasteiger partial charge < -0.3 is 9.88 Å². The third kappa shape index (κ3) is 3.08. The smallest absolute Gasteiger partial charge is 0.264 e. The van der Waals surface area contributed by atoms with Crippen molar-refractivity contribution in [2.45, 2.75) is 0 Å². The first-order valence-electron chi connectivity index (χ1n) is 7.70. The first-order chi connectivity index (χ1) is 12.1. The van der Waals surface area contributed by atoms with Crippen molar-refractivity contribution in [3.05, 3.63) is 70.2 Å². The van der Waals surface area contributed by atoms with Crippen LogP contribution in [0, 0.1) is 0 Å². The molecule has 4 nitrogen and oxygen atoms in total. The van der Waals surface area contributed by atoms with Gasteiger partial charge >= 0.3 is 0 Å². The first kappa shape index (κ1) is 16.0. The summed E-state index contributed by atoms with van der Waals surface area (Å²) in [6, 6.07) is 15.4. The fourth-order valence-electron chi connectivity index (χ4n) is 2.76. The van der Waals surface area contributed by atoms with Gasteiger partial charge in [-0.3, -0.25) is 4.79 Å². The van der Waals surface area contributed by atoms with Gasteiger partial charge in [-0.2, -0.15) is 0 Å². The van der Waals surface area contributed by atoms with Crippen LogP contribution in [0.15, 0.2) is 64.6 Å². The molecule has 2 heterocycles. The average molecular weight is 368 g/mol. The van der Waals surface area contributed by atoms with Gasteiger partial charge in [0.05, 0.1) is 15.6 Å². The van der Waals surface area contributed by atoms with Gasteiger partial charge in [-0.05, 0) is 36.0 Å². The Labute approximate surface area is 154 Å². The van der Waals surface area contributed by atoms with E-state index in [1.54, 1.807) is 6.07 Å². The monoisotopic (exact) mass is 367 g/mol. The number of benzene rings is 2. The number of aryl methyl sites for hydroxylation is 1. The van der Waals surface area contributed by atoms with Crippen LogP contribution < -0.4 is 5.32 Å². The summed E-state index contributed by atoms with van der Waals surface area (Å²) in [4.78, 5) is 17.3. The number of carbonyl (C=O) groups excluding carboxylic acids is 1. The number of nitrogens with one attached hydrogen (secondary N) is 1. The van der Waals surface area contributed by atoms with Gasteiger partial charge in [0.25, 0.3) is 5.91 Å². The number of amidine groups is 1. The molecule has 0 saturated carbocycles. The Morgan fingerprint density at radius 1 is 1.16 bits per heavy atom. The number of thioether (sulfide) groups is 1. The molecule has 1 aliphatic rings. The molecule has 0 spiro atoms. The van der Waals surface area contributed by atoms with Gasteiger partial charge in [-0.1, -0.05) is 41.9 Å². The molecule has 1 saturated heterocycles. The summed E-state index contributed by atoms with van der Waals surface area (Å²) in [5, 5.41) is 4.99. The van der Waals surface area contributed by atoms with E-state index < -0.39 is 0 Å². The van der Waals surface area contributed by atoms with E-state index >= 15 is 0 Å². The number of hydrogen-bond acceptors (Lipinski definition) is 3. The molecule has 1 N–H and O–H groups in total. The minimum atomic E-state index is -0.149. The zero-order valence-electron chi connectivity index (χ0n) is 13.4. The Bertz CT molecular complexity index is 1050. The van der Waals surface area contributed by atoms with E-state index in [0.717, 1.165) is 16.5 Å². The molecule has 0 radical (unpaired) electrons. The molecular formula is C19H14ClN3OS. The third-order valence-corrected chi connectivity index (χ3v) is 5.17. The molecular weight excluding hydrogens is 354 g/mol. The summed E-state index contributed by atoms with van der Waals surface area (Å²) < 4.78 is 2.05. The van der Waals surface area contributed by atoms with Crippen molar-refractivity contribution < 1.29 is 4.79 Å². The lowest BCUT2D eigenvalue weighted by Gasteiger charge is -1.98. The van der Waals surface area contributed by atoms with Crippen LogP contribution in [0.3, 0.4) is 0 Å². The van der Waals surface area contributed by atoms with Crippen LogP contribution in [0.2, 0.25) is 5.02 Å². The number of fused-ring (bicyclic) bond motifs is 1. The van der Waals surface area contributed by atoms with E-state index in [1.807, 2.05) is 49.7 Å². The van der Waals surface area contributed by atoms with Gasteiger partial charge in [0.1, 0.15) is 0 Å². The van der Waals surface area contributed by atoms with Crippen molar-refractivity contribution in [1.29, 1.82) is 0 Å². The van der Waals surface area contributed by atoms with E-state index in [1.165, 1.54) is 11.8 Å². The largest absolute Gasteiger partial charge is 0.350 e. The van der Waals surface area contributed by atoms with Gasteiger partial charge in [0.2, 0.25) is 0 Å². The average Bonchev–Trinajstić information content (AvgIpc) is 3.11. The second-order valence-electron chi connectivity index (χ2n) is 5.65. The van der Waals surface area contributed by atoms with Crippen molar-refractivity contribution in [2.75, 3.05) is 0 Å². The number of para-hydroxylation sites is 2. The second kappa shape index (κ2) is 6.43. The number of aromatic nitrogens is 1. The van der Waals surface area contributed by atoms with Crippen LogP contribution in [0.4, 0.5) is 5.69 Å². The highest BCUT2D eigenvalue weighted by Gasteiger charge is 2.24. The Kier molecular flexibility index (Phi) is 4.11. The van der Waals surface area contributed by atoms with Crippen molar-refractivity contribution >= 4 is 57.1 Å². The summed E-state index contributed by atoms with van der Waals surface area (Å²) in [7, 11) is 2.00. The predicted octanol–water partition coefficient (Wildman–Crippen LogP) is 4.72. The minimum Gasteiger partial charge on any atom is -0.350 e. The molecule has 0 atom stereocenters. The number of nitrogens with zero attached hydrogens (tertiary/aromatic N) is 2. The highest BCUT2D eigenvalue weighted by atomic mass is 35.5. The van der Waals surface area contributed by atoms with Gasteiger partial charge in [-0.25, -0.2) is 4.99 Å². The van der Waals surface area contributed by atoms with Crippen LogP contribution >= 0.6 is 23.4 Å². The van der Waals surface area contributed by atoms with Crippen molar-refractivity contribution in [3.63, 3.8) is 0 Å². The molecule has 0 aliphatic carbocycles. The van der Waals surface area contributed by atoms with E-state index in [9.17, 15) is 4.79 Å². The third-order valence-electron chi connectivity index (χ3n) is 3.94. The molecule has 0 unspecified atom stereocenters. The molecule has 1 fully saturated rings. The maximum Gasteiger partial charge on any atom is 0.264 e.